The lowest BCUT2D eigenvalue weighted by atomic mass is 9.88. The summed E-state index contributed by atoms with van der Waals surface area (Å²) in [5, 5.41) is 4.46. The smallest absolute Gasteiger partial charge is 0.119 e. The molecule has 0 aliphatic carbocycles. The third kappa shape index (κ3) is 7.21. The Morgan fingerprint density at radius 1 is 0.735 bits per heavy atom. The molecule has 0 saturated carbocycles. The van der Waals surface area contributed by atoms with Crippen LogP contribution in [0.3, 0.4) is 0 Å². The zero-order chi connectivity index (χ0) is 23.6. The van der Waals surface area contributed by atoms with Crippen molar-refractivity contribution in [2.45, 2.75) is 38.3 Å². The maximum Gasteiger partial charge on any atom is 0.119 e. The van der Waals surface area contributed by atoms with Crippen molar-refractivity contribution in [1.29, 1.82) is 0 Å². The van der Waals surface area contributed by atoms with Crippen molar-refractivity contribution in [3.8, 4) is 5.75 Å². The van der Waals surface area contributed by atoms with E-state index >= 15 is 0 Å². The lowest BCUT2D eigenvalue weighted by Gasteiger charge is -2.20. The van der Waals surface area contributed by atoms with Gasteiger partial charge in [0.25, 0.3) is 0 Å². The molecule has 2 nitrogen and oxygen atoms in total. The second-order valence-corrected chi connectivity index (χ2v) is 9.22. The summed E-state index contributed by atoms with van der Waals surface area (Å²) in [5.41, 5.74) is 5.12. The summed E-state index contributed by atoms with van der Waals surface area (Å²) in [6.45, 7) is 3.74. The first-order valence-corrected chi connectivity index (χ1v) is 12.3. The number of halogens is 1. The topological polar surface area (TPSA) is 21.3 Å². The van der Waals surface area contributed by atoms with E-state index in [4.69, 9.17) is 16.3 Å². The van der Waals surface area contributed by atoms with Crippen LogP contribution in [0.1, 0.15) is 41.5 Å². The van der Waals surface area contributed by atoms with Gasteiger partial charge in [0.15, 0.2) is 0 Å². The molecule has 0 amide bonds. The second kappa shape index (κ2) is 12.4. The zero-order valence-electron chi connectivity index (χ0n) is 19.7. The fourth-order valence-corrected chi connectivity index (χ4v) is 4.52. The van der Waals surface area contributed by atoms with E-state index < -0.39 is 0 Å². The van der Waals surface area contributed by atoms with Gasteiger partial charge in [0.1, 0.15) is 12.4 Å². The number of benzene rings is 4. The molecule has 4 aromatic carbocycles. The third-order valence-corrected chi connectivity index (χ3v) is 6.32. The molecule has 3 heteroatoms. The Balaban J connectivity index is 1.26. The predicted octanol–water partition coefficient (Wildman–Crippen LogP) is 7.66. The second-order valence-electron chi connectivity index (χ2n) is 8.78. The Bertz CT molecular complexity index is 1090. The standard InChI is InChI=1S/C31H32ClNO/c1-24(21-25-15-17-30(18-16-25)34-23-26-9-8-14-29(32)22-26)33-20-19-31(27-10-4-2-5-11-27)28-12-6-3-7-13-28/h2-18,22,24,31,33H,19-21,23H2,1H3. The Labute approximate surface area is 208 Å². The van der Waals surface area contributed by atoms with E-state index in [1.165, 1.54) is 16.7 Å². The SMILES string of the molecule is CC(Cc1ccc(OCc2cccc(Cl)c2)cc1)NCCC(c1ccccc1)c1ccccc1. The van der Waals surface area contributed by atoms with E-state index in [0.29, 0.717) is 18.6 Å². The number of hydrogen-bond acceptors (Lipinski definition) is 2. The highest BCUT2D eigenvalue weighted by Gasteiger charge is 2.14. The van der Waals surface area contributed by atoms with Crippen LogP contribution in [0.25, 0.3) is 0 Å². The van der Waals surface area contributed by atoms with Gasteiger partial charge >= 0.3 is 0 Å². The van der Waals surface area contributed by atoms with E-state index in [1.807, 2.05) is 36.4 Å². The quantitative estimate of drug-likeness (QED) is 0.243. The lowest BCUT2D eigenvalue weighted by Crippen LogP contribution is -2.30. The fourth-order valence-electron chi connectivity index (χ4n) is 4.31. The van der Waals surface area contributed by atoms with Crippen LogP contribution < -0.4 is 10.1 Å². The Morgan fingerprint density at radius 3 is 2.00 bits per heavy atom. The Hall–Kier alpha value is -3.07. The average Bonchev–Trinajstić information content (AvgIpc) is 2.87. The molecule has 1 atom stereocenters. The Morgan fingerprint density at radius 2 is 1.38 bits per heavy atom. The van der Waals surface area contributed by atoms with Gasteiger partial charge in [-0.05, 0) is 72.8 Å². The number of nitrogens with one attached hydrogen (secondary N) is 1. The van der Waals surface area contributed by atoms with Crippen LogP contribution in [0.5, 0.6) is 5.75 Å². The molecular weight excluding hydrogens is 438 g/mol. The largest absolute Gasteiger partial charge is 0.489 e. The van der Waals surface area contributed by atoms with Crippen molar-refractivity contribution in [2.24, 2.45) is 0 Å². The zero-order valence-corrected chi connectivity index (χ0v) is 20.4. The van der Waals surface area contributed by atoms with E-state index in [1.54, 1.807) is 0 Å². The highest BCUT2D eigenvalue weighted by Crippen LogP contribution is 2.27. The summed E-state index contributed by atoms with van der Waals surface area (Å²) in [6.07, 6.45) is 2.05. The highest BCUT2D eigenvalue weighted by molar-refractivity contribution is 6.30. The molecule has 0 aromatic heterocycles. The van der Waals surface area contributed by atoms with Gasteiger partial charge in [0.05, 0.1) is 0 Å². The minimum absolute atomic E-state index is 0.394. The number of ether oxygens (including phenoxy) is 1. The predicted molar refractivity (Wildman–Crippen MR) is 143 cm³/mol. The molecule has 0 bridgehead atoms. The van der Waals surface area contributed by atoms with Crippen LogP contribution in [0.2, 0.25) is 5.02 Å². The fraction of sp³-hybridized carbons (Fsp3) is 0.226. The first-order chi connectivity index (χ1) is 16.7. The molecule has 4 rings (SSSR count). The molecular formula is C31H32ClNO. The molecule has 34 heavy (non-hydrogen) atoms. The van der Waals surface area contributed by atoms with Gasteiger partial charge in [-0.3, -0.25) is 0 Å². The molecule has 0 heterocycles. The average molecular weight is 470 g/mol. The summed E-state index contributed by atoms with van der Waals surface area (Å²) in [7, 11) is 0. The summed E-state index contributed by atoms with van der Waals surface area (Å²) in [4.78, 5) is 0. The molecule has 0 aliphatic heterocycles. The highest BCUT2D eigenvalue weighted by atomic mass is 35.5. The molecule has 0 saturated heterocycles. The van der Waals surface area contributed by atoms with Crippen LogP contribution in [0.15, 0.2) is 109 Å². The van der Waals surface area contributed by atoms with Gasteiger partial charge in [0, 0.05) is 17.0 Å². The van der Waals surface area contributed by atoms with Crippen molar-refractivity contribution in [2.75, 3.05) is 6.54 Å². The van der Waals surface area contributed by atoms with Crippen molar-refractivity contribution in [3.05, 3.63) is 136 Å². The maximum absolute atomic E-state index is 6.05. The number of rotatable bonds is 11. The van der Waals surface area contributed by atoms with Crippen molar-refractivity contribution < 1.29 is 4.74 Å². The van der Waals surface area contributed by atoms with Crippen LogP contribution in [-0.2, 0) is 13.0 Å². The third-order valence-electron chi connectivity index (χ3n) is 6.09. The molecule has 4 aromatic rings. The van der Waals surface area contributed by atoms with Gasteiger partial charge in [0.2, 0.25) is 0 Å². The van der Waals surface area contributed by atoms with E-state index in [2.05, 4.69) is 85.0 Å². The summed E-state index contributed by atoms with van der Waals surface area (Å²) >= 11 is 6.05. The minimum atomic E-state index is 0.394. The monoisotopic (exact) mass is 469 g/mol. The minimum Gasteiger partial charge on any atom is -0.489 e. The van der Waals surface area contributed by atoms with Crippen LogP contribution in [-0.4, -0.2) is 12.6 Å². The molecule has 174 valence electrons. The molecule has 1 N–H and O–H groups in total. The van der Waals surface area contributed by atoms with E-state index in [-0.39, 0.29) is 0 Å². The van der Waals surface area contributed by atoms with Crippen LogP contribution in [0, 0.1) is 0 Å². The molecule has 0 spiro atoms. The molecule has 0 radical (unpaired) electrons. The van der Waals surface area contributed by atoms with E-state index in [9.17, 15) is 0 Å². The maximum atomic E-state index is 6.05. The van der Waals surface area contributed by atoms with Gasteiger partial charge in [-0.2, -0.15) is 0 Å². The van der Waals surface area contributed by atoms with Gasteiger partial charge in [-0.25, -0.2) is 0 Å². The van der Waals surface area contributed by atoms with Crippen molar-refractivity contribution in [3.63, 3.8) is 0 Å². The first-order valence-electron chi connectivity index (χ1n) is 12.0. The van der Waals surface area contributed by atoms with Gasteiger partial charge in [-0.15, -0.1) is 0 Å². The summed E-state index contributed by atoms with van der Waals surface area (Å²) in [5.74, 6) is 1.27. The number of hydrogen-bond donors (Lipinski definition) is 1. The first kappa shape index (κ1) is 24.1. The van der Waals surface area contributed by atoms with Crippen molar-refractivity contribution in [1.82, 2.24) is 5.32 Å². The molecule has 0 aliphatic rings. The van der Waals surface area contributed by atoms with Gasteiger partial charge < -0.3 is 10.1 Å². The van der Waals surface area contributed by atoms with Crippen LogP contribution >= 0.6 is 11.6 Å². The molecule has 1 unspecified atom stereocenters. The Kier molecular flexibility index (Phi) is 8.78. The normalized spacial score (nSPS) is 12.0. The van der Waals surface area contributed by atoms with Gasteiger partial charge in [-0.1, -0.05) is 96.5 Å². The molecule has 0 fully saturated rings. The van der Waals surface area contributed by atoms with Crippen molar-refractivity contribution >= 4 is 11.6 Å². The van der Waals surface area contributed by atoms with E-state index in [0.717, 1.165) is 35.7 Å². The lowest BCUT2D eigenvalue weighted by molar-refractivity contribution is 0.306. The summed E-state index contributed by atoms with van der Waals surface area (Å²) in [6, 6.07) is 38.2. The van der Waals surface area contributed by atoms with Crippen LogP contribution in [0.4, 0.5) is 0 Å². The summed E-state index contributed by atoms with van der Waals surface area (Å²) < 4.78 is 5.91.